The van der Waals surface area contributed by atoms with Gasteiger partial charge in [0.25, 0.3) is 0 Å². The summed E-state index contributed by atoms with van der Waals surface area (Å²) >= 11 is 0. The lowest BCUT2D eigenvalue weighted by Gasteiger charge is -2.10. The number of ether oxygens (including phenoxy) is 1. The molecule has 1 aromatic heterocycles. The van der Waals surface area contributed by atoms with Gasteiger partial charge in [-0.3, -0.25) is 4.99 Å². The number of hydrogen-bond acceptors (Lipinski definition) is 2. The number of benzene rings is 1. The molecule has 0 aliphatic heterocycles. The fourth-order valence-corrected chi connectivity index (χ4v) is 2.05. The molecule has 5 nitrogen and oxygen atoms in total. The topological polar surface area (TPSA) is 61.4 Å². The summed E-state index contributed by atoms with van der Waals surface area (Å²) in [6.07, 6.45) is 0.962. The summed E-state index contributed by atoms with van der Waals surface area (Å²) in [6.45, 7) is 2.32. The molecule has 0 amide bonds. The van der Waals surface area contributed by atoms with Crippen molar-refractivity contribution in [1.29, 1.82) is 0 Å². The molecule has 0 saturated carbocycles. The van der Waals surface area contributed by atoms with Crippen LogP contribution in [0.5, 0.6) is 0 Å². The van der Waals surface area contributed by atoms with E-state index < -0.39 is 0 Å². The molecule has 1 aromatic carbocycles. The Morgan fingerprint density at radius 1 is 1.29 bits per heavy atom. The van der Waals surface area contributed by atoms with Gasteiger partial charge in [-0.2, -0.15) is 0 Å². The van der Waals surface area contributed by atoms with Crippen molar-refractivity contribution in [3.63, 3.8) is 0 Å². The molecule has 3 N–H and O–H groups in total. The molecule has 0 bridgehead atoms. The Labute approximate surface area is 142 Å². The van der Waals surface area contributed by atoms with Crippen LogP contribution in [-0.4, -0.2) is 38.3 Å². The lowest BCUT2D eigenvalue weighted by molar-refractivity contribution is 0.195. The van der Waals surface area contributed by atoms with Gasteiger partial charge in [0.15, 0.2) is 5.96 Å². The van der Waals surface area contributed by atoms with E-state index in [-0.39, 0.29) is 24.0 Å². The number of hydrogen-bond donors (Lipinski definition) is 3. The third kappa shape index (κ3) is 5.55. The Balaban J connectivity index is 0.00000220. The van der Waals surface area contributed by atoms with Gasteiger partial charge in [-0.05, 0) is 23.9 Å². The average Bonchev–Trinajstić information content (AvgIpc) is 2.89. The van der Waals surface area contributed by atoms with Crippen molar-refractivity contribution >= 4 is 40.8 Å². The SMILES string of the molecule is CN=C(NCCCOC)NCc1cc2ccccc2[nH]1.I. The fourth-order valence-electron chi connectivity index (χ4n) is 2.05. The van der Waals surface area contributed by atoms with E-state index >= 15 is 0 Å². The molecule has 0 radical (unpaired) electrons. The van der Waals surface area contributed by atoms with Gasteiger partial charge < -0.3 is 20.4 Å². The summed E-state index contributed by atoms with van der Waals surface area (Å²) in [5.41, 5.74) is 2.30. The first-order valence-corrected chi connectivity index (χ1v) is 6.83. The van der Waals surface area contributed by atoms with E-state index in [1.54, 1.807) is 14.2 Å². The number of H-pyrrole nitrogens is 1. The number of nitrogens with zero attached hydrogens (tertiary/aromatic N) is 1. The molecule has 0 aliphatic rings. The third-order valence-electron chi connectivity index (χ3n) is 3.07. The van der Waals surface area contributed by atoms with Crippen LogP contribution in [0, 0.1) is 0 Å². The summed E-state index contributed by atoms with van der Waals surface area (Å²) in [6, 6.07) is 10.4. The molecule has 1 heterocycles. The smallest absolute Gasteiger partial charge is 0.191 e. The minimum absolute atomic E-state index is 0. The first-order chi connectivity index (χ1) is 9.83. The number of nitrogens with one attached hydrogen (secondary N) is 3. The van der Waals surface area contributed by atoms with E-state index in [1.807, 2.05) is 12.1 Å². The van der Waals surface area contributed by atoms with E-state index in [0.29, 0.717) is 0 Å². The predicted octanol–water partition coefficient (Wildman–Crippen LogP) is 2.49. The zero-order chi connectivity index (χ0) is 14.2. The Bertz CT molecular complexity index is 535. The monoisotopic (exact) mass is 402 g/mol. The van der Waals surface area contributed by atoms with E-state index in [4.69, 9.17) is 4.74 Å². The highest BCUT2D eigenvalue weighted by molar-refractivity contribution is 14.0. The lowest BCUT2D eigenvalue weighted by atomic mass is 10.2. The summed E-state index contributed by atoms with van der Waals surface area (Å²) in [4.78, 5) is 7.58. The Morgan fingerprint density at radius 3 is 2.81 bits per heavy atom. The van der Waals surface area contributed by atoms with Crippen LogP contribution in [0.1, 0.15) is 12.1 Å². The molecule has 0 fully saturated rings. The summed E-state index contributed by atoms with van der Waals surface area (Å²) in [5.74, 6) is 0.805. The third-order valence-corrected chi connectivity index (χ3v) is 3.07. The molecule has 6 heteroatoms. The number of halogens is 1. The number of fused-ring (bicyclic) bond motifs is 1. The number of aromatic amines is 1. The van der Waals surface area contributed by atoms with Gasteiger partial charge in [0.2, 0.25) is 0 Å². The number of aromatic nitrogens is 1. The molecule has 0 saturated heterocycles. The second kappa shape index (κ2) is 9.62. The zero-order valence-corrected chi connectivity index (χ0v) is 14.8. The van der Waals surface area contributed by atoms with Gasteiger partial charge in [0.05, 0.1) is 6.54 Å². The largest absolute Gasteiger partial charge is 0.385 e. The number of rotatable bonds is 6. The molecule has 2 rings (SSSR count). The van der Waals surface area contributed by atoms with Crippen molar-refractivity contribution in [2.24, 2.45) is 4.99 Å². The van der Waals surface area contributed by atoms with Gasteiger partial charge in [-0.1, -0.05) is 18.2 Å². The van der Waals surface area contributed by atoms with Gasteiger partial charge in [-0.25, -0.2) is 0 Å². The number of guanidine groups is 1. The van der Waals surface area contributed by atoms with Crippen LogP contribution in [0.25, 0.3) is 10.9 Å². The van der Waals surface area contributed by atoms with E-state index in [0.717, 1.165) is 43.3 Å². The predicted molar refractivity (Wildman–Crippen MR) is 98.4 cm³/mol. The van der Waals surface area contributed by atoms with Crippen LogP contribution in [0.15, 0.2) is 35.3 Å². The van der Waals surface area contributed by atoms with Crippen LogP contribution >= 0.6 is 24.0 Å². The maximum absolute atomic E-state index is 5.01. The maximum atomic E-state index is 5.01. The van der Waals surface area contributed by atoms with Gasteiger partial charge in [-0.15, -0.1) is 24.0 Å². The van der Waals surface area contributed by atoms with Crippen molar-refractivity contribution in [2.45, 2.75) is 13.0 Å². The molecule has 2 aromatic rings. The second-order valence-corrected chi connectivity index (χ2v) is 4.58. The van der Waals surface area contributed by atoms with E-state index in [2.05, 4.69) is 38.8 Å². The molecular formula is C15H23IN4O. The Kier molecular flexibility index (Phi) is 8.14. The molecule has 116 valence electrons. The Morgan fingerprint density at radius 2 is 2.10 bits per heavy atom. The summed E-state index contributed by atoms with van der Waals surface area (Å²) in [7, 11) is 3.49. The van der Waals surface area contributed by atoms with Gasteiger partial charge >= 0.3 is 0 Å². The first kappa shape index (κ1) is 17.8. The van der Waals surface area contributed by atoms with E-state index in [1.165, 1.54) is 5.39 Å². The van der Waals surface area contributed by atoms with Crippen LogP contribution in [-0.2, 0) is 11.3 Å². The van der Waals surface area contributed by atoms with Crippen molar-refractivity contribution in [3.05, 3.63) is 36.0 Å². The minimum atomic E-state index is 0. The molecule has 0 aliphatic carbocycles. The van der Waals surface area contributed by atoms with Crippen molar-refractivity contribution in [1.82, 2.24) is 15.6 Å². The fraction of sp³-hybridized carbons (Fsp3) is 0.400. The molecule has 0 unspecified atom stereocenters. The quantitative estimate of drug-likeness (QED) is 0.301. The lowest BCUT2D eigenvalue weighted by Crippen LogP contribution is -2.37. The van der Waals surface area contributed by atoms with Crippen molar-refractivity contribution < 1.29 is 4.74 Å². The van der Waals surface area contributed by atoms with Crippen molar-refractivity contribution in [3.8, 4) is 0 Å². The highest BCUT2D eigenvalue weighted by Gasteiger charge is 2.01. The Hall–Kier alpha value is -1.28. The molecule has 0 spiro atoms. The molecule has 0 atom stereocenters. The van der Waals surface area contributed by atoms with Crippen LogP contribution in [0.2, 0.25) is 0 Å². The minimum Gasteiger partial charge on any atom is -0.385 e. The number of methoxy groups -OCH3 is 1. The highest BCUT2D eigenvalue weighted by Crippen LogP contribution is 2.14. The van der Waals surface area contributed by atoms with Crippen LogP contribution in [0.3, 0.4) is 0 Å². The summed E-state index contributed by atoms with van der Waals surface area (Å²) in [5, 5.41) is 7.77. The standard InChI is InChI=1S/C15H22N4O.HI/c1-16-15(17-8-5-9-20-2)18-11-13-10-12-6-3-4-7-14(12)19-13;/h3-4,6-7,10,19H,5,8-9,11H2,1-2H3,(H2,16,17,18);1H. The maximum Gasteiger partial charge on any atom is 0.191 e. The van der Waals surface area contributed by atoms with Crippen LogP contribution in [0.4, 0.5) is 0 Å². The second-order valence-electron chi connectivity index (χ2n) is 4.58. The molecule has 21 heavy (non-hydrogen) atoms. The van der Waals surface area contributed by atoms with Gasteiger partial charge in [0.1, 0.15) is 0 Å². The van der Waals surface area contributed by atoms with E-state index in [9.17, 15) is 0 Å². The zero-order valence-electron chi connectivity index (χ0n) is 12.5. The van der Waals surface area contributed by atoms with Crippen molar-refractivity contribution in [2.75, 3.05) is 27.3 Å². The molecular weight excluding hydrogens is 379 g/mol. The first-order valence-electron chi connectivity index (χ1n) is 6.83. The number of para-hydroxylation sites is 1. The van der Waals surface area contributed by atoms with Gasteiger partial charge in [0, 0.05) is 38.5 Å². The summed E-state index contributed by atoms with van der Waals surface area (Å²) < 4.78 is 5.01. The highest BCUT2D eigenvalue weighted by atomic mass is 127. The van der Waals surface area contributed by atoms with Crippen LogP contribution < -0.4 is 10.6 Å². The normalized spacial score (nSPS) is 11.2. The average molecular weight is 402 g/mol. The number of aliphatic imine (C=N–C) groups is 1.